The molecule has 0 rings (SSSR count). The summed E-state index contributed by atoms with van der Waals surface area (Å²) in [4.78, 5) is 44.9. The average Bonchev–Trinajstić information content (AvgIpc) is 2.84. The van der Waals surface area contributed by atoms with Crippen LogP contribution in [0.25, 0.3) is 0 Å². The van der Waals surface area contributed by atoms with E-state index < -0.39 is 43.0 Å². The minimum atomic E-state index is -1.73. The van der Waals surface area contributed by atoms with E-state index in [1.54, 1.807) is 6.29 Å². The second-order valence-electron chi connectivity index (χ2n) is 8.57. The molecule has 0 saturated heterocycles. The number of carbonyl (C=O) groups is 3. The molecule has 1 radical (unpaired) electrons. The highest BCUT2D eigenvalue weighted by molar-refractivity contribution is 5.83. The van der Waals surface area contributed by atoms with Crippen molar-refractivity contribution in [3.63, 3.8) is 0 Å². The van der Waals surface area contributed by atoms with Crippen molar-refractivity contribution in [1.29, 1.82) is 0 Å². The summed E-state index contributed by atoms with van der Waals surface area (Å²) in [7, 11) is 0. The molecule has 12 heteroatoms. The maximum Gasteiger partial charge on any atom is 0.326 e. The van der Waals surface area contributed by atoms with Crippen LogP contribution < -0.4 is 10.6 Å². The Hall–Kier alpha value is -2.12. The van der Waals surface area contributed by atoms with Crippen LogP contribution in [-0.4, -0.2) is 98.3 Å². The fraction of sp³-hybridized carbons (Fsp3) is 0.826. The zero-order valence-corrected chi connectivity index (χ0v) is 20.1. The first-order valence-corrected chi connectivity index (χ1v) is 12.1. The van der Waals surface area contributed by atoms with Crippen LogP contribution in [0.15, 0.2) is 0 Å². The van der Waals surface area contributed by atoms with Gasteiger partial charge in [-0.25, -0.2) is 4.79 Å². The Labute approximate surface area is 205 Å². The van der Waals surface area contributed by atoms with Crippen LogP contribution in [0.4, 0.5) is 0 Å². The van der Waals surface area contributed by atoms with Crippen molar-refractivity contribution in [3.8, 4) is 0 Å². The summed E-state index contributed by atoms with van der Waals surface area (Å²) in [5.41, 5.74) is 0. The summed E-state index contributed by atoms with van der Waals surface area (Å²) in [6.07, 6.45) is 2.39. The monoisotopic (exact) mass is 505 g/mol. The lowest BCUT2D eigenvalue weighted by molar-refractivity contribution is -0.142. The molecule has 0 aliphatic rings. The minimum Gasteiger partial charge on any atom is -0.480 e. The van der Waals surface area contributed by atoms with Crippen LogP contribution in [0.2, 0.25) is 0 Å². The molecule has 2 amide bonds. The van der Waals surface area contributed by atoms with Gasteiger partial charge in [-0.15, -0.1) is 0 Å². The fourth-order valence-corrected chi connectivity index (χ4v) is 3.35. The van der Waals surface area contributed by atoms with E-state index in [1.165, 1.54) is 0 Å². The third-order valence-electron chi connectivity index (χ3n) is 5.56. The number of hydrogen-bond acceptors (Lipinski definition) is 9. The van der Waals surface area contributed by atoms with Gasteiger partial charge in [-0.3, -0.25) is 14.4 Å². The largest absolute Gasteiger partial charge is 0.480 e. The van der Waals surface area contributed by atoms with Crippen LogP contribution in [0.1, 0.15) is 77.0 Å². The molecular formula is C23H41N2O10. The fourth-order valence-electron chi connectivity index (χ4n) is 3.35. The van der Waals surface area contributed by atoms with Crippen LogP contribution in [0.3, 0.4) is 0 Å². The Morgan fingerprint density at radius 1 is 0.743 bits per heavy atom. The van der Waals surface area contributed by atoms with Gasteiger partial charge < -0.3 is 41.3 Å². The first-order valence-electron chi connectivity index (χ1n) is 12.1. The standard InChI is InChI=1S/C23H41N2O10/c26-13-9-10-16(23(34)35)25-20(31)12-8-6-4-2-1-3-5-7-11-19(30)24-14-17(28)21(32)22(33)18(29)15-27/h16-18,21-22,27-29,32-33H,1-12,14-15H2,(H,24,30)(H,25,31)(H,34,35)/t16-,17-,18+,21+,22-/m0/s1. The maximum atomic E-state index is 11.8. The number of hydrogen-bond donors (Lipinski definition) is 8. The highest BCUT2D eigenvalue weighted by Crippen LogP contribution is 2.11. The topological polar surface area (TPSA) is 214 Å². The molecule has 5 atom stereocenters. The molecule has 8 N–H and O–H groups in total. The van der Waals surface area contributed by atoms with Crippen LogP contribution in [0.5, 0.6) is 0 Å². The van der Waals surface area contributed by atoms with Crippen molar-refractivity contribution in [2.75, 3.05) is 13.2 Å². The van der Waals surface area contributed by atoms with Gasteiger partial charge in [0, 0.05) is 25.8 Å². The number of carboxylic acids is 1. The summed E-state index contributed by atoms with van der Waals surface area (Å²) < 4.78 is 0. The van der Waals surface area contributed by atoms with E-state index >= 15 is 0 Å². The van der Waals surface area contributed by atoms with Crippen molar-refractivity contribution in [2.45, 2.75) is 108 Å². The normalized spacial score (nSPS) is 15.5. The number of aliphatic carboxylic acids is 1. The van der Waals surface area contributed by atoms with Crippen molar-refractivity contribution in [1.82, 2.24) is 10.6 Å². The van der Waals surface area contributed by atoms with E-state index in [2.05, 4.69) is 10.6 Å². The van der Waals surface area contributed by atoms with E-state index in [-0.39, 0.29) is 44.0 Å². The van der Waals surface area contributed by atoms with E-state index in [9.17, 15) is 39.6 Å². The Morgan fingerprint density at radius 2 is 1.23 bits per heavy atom. The molecule has 0 fully saturated rings. The second-order valence-corrected chi connectivity index (χ2v) is 8.57. The lowest BCUT2D eigenvalue weighted by atomic mass is 10.0. The van der Waals surface area contributed by atoms with Crippen LogP contribution >= 0.6 is 0 Å². The van der Waals surface area contributed by atoms with Crippen molar-refractivity contribution < 1.29 is 49.8 Å². The molecule has 0 bridgehead atoms. The third-order valence-corrected chi connectivity index (χ3v) is 5.56. The number of amides is 2. The van der Waals surface area contributed by atoms with Gasteiger partial charge in [-0.05, 0) is 19.3 Å². The summed E-state index contributed by atoms with van der Waals surface area (Å²) in [6.45, 7) is -1.06. The number of carbonyl (C=O) groups excluding carboxylic acids is 3. The molecule has 0 heterocycles. The van der Waals surface area contributed by atoms with Crippen LogP contribution in [0, 0.1) is 0 Å². The first-order chi connectivity index (χ1) is 16.6. The van der Waals surface area contributed by atoms with Crippen molar-refractivity contribution in [2.24, 2.45) is 0 Å². The molecular weight excluding hydrogens is 464 g/mol. The quantitative estimate of drug-likeness (QED) is 0.0831. The lowest BCUT2D eigenvalue weighted by Crippen LogP contribution is -2.49. The zero-order valence-electron chi connectivity index (χ0n) is 20.1. The summed E-state index contributed by atoms with van der Waals surface area (Å²) in [5, 5.41) is 60.8. The lowest BCUT2D eigenvalue weighted by Gasteiger charge is -2.25. The number of carboxylic acid groups (broad SMARTS) is 1. The Kier molecular flexibility index (Phi) is 18.9. The van der Waals surface area contributed by atoms with E-state index in [0.717, 1.165) is 38.5 Å². The molecule has 0 saturated carbocycles. The number of rotatable bonds is 22. The smallest absolute Gasteiger partial charge is 0.326 e. The molecule has 12 nitrogen and oxygen atoms in total. The van der Waals surface area contributed by atoms with Crippen molar-refractivity contribution in [3.05, 3.63) is 0 Å². The molecule has 0 aliphatic carbocycles. The van der Waals surface area contributed by atoms with E-state index in [1.807, 2.05) is 0 Å². The van der Waals surface area contributed by atoms with Gasteiger partial charge in [0.25, 0.3) is 0 Å². The molecule has 35 heavy (non-hydrogen) atoms. The Balaban J connectivity index is 3.73. The molecule has 0 spiro atoms. The first kappa shape index (κ1) is 32.9. The summed E-state index contributed by atoms with van der Waals surface area (Å²) >= 11 is 0. The average molecular weight is 506 g/mol. The summed E-state index contributed by atoms with van der Waals surface area (Å²) in [5.74, 6) is -1.82. The highest BCUT2D eigenvalue weighted by atomic mass is 16.4. The molecule has 0 aromatic heterocycles. The second kappa shape index (κ2) is 20.1. The SMILES string of the molecule is O=[C]CC[C@H](NC(=O)CCCCCCCCCCC(=O)NC[C@H](O)[C@@H](O)[C@@H](O)[C@H](O)CO)C(=O)O. The molecule has 203 valence electrons. The maximum absolute atomic E-state index is 11.8. The van der Waals surface area contributed by atoms with Gasteiger partial charge in [0.05, 0.1) is 12.7 Å². The Morgan fingerprint density at radius 3 is 1.71 bits per heavy atom. The van der Waals surface area contributed by atoms with Gasteiger partial charge in [0.15, 0.2) is 6.29 Å². The Bertz CT molecular complexity index is 619. The third kappa shape index (κ3) is 16.2. The predicted octanol–water partition coefficient (Wildman–Crippen LogP) is -1.10. The van der Waals surface area contributed by atoms with Crippen molar-refractivity contribution >= 4 is 24.1 Å². The number of aliphatic hydroxyl groups is 5. The zero-order chi connectivity index (χ0) is 26.6. The number of nitrogens with one attached hydrogen (secondary N) is 2. The van der Waals surface area contributed by atoms with Crippen LogP contribution in [-0.2, 0) is 19.2 Å². The summed E-state index contributed by atoms with van der Waals surface area (Å²) in [6, 6.07) is -1.07. The number of unbranched alkanes of at least 4 members (excludes halogenated alkanes) is 7. The van der Waals surface area contributed by atoms with E-state index in [0.29, 0.717) is 12.8 Å². The minimum absolute atomic E-state index is 0.0257. The van der Waals surface area contributed by atoms with E-state index in [4.69, 9.17) is 10.2 Å². The highest BCUT2D eigenvalue weighted by Gasteiger charge is 2.30. The molecule has 0 unspecified atom stereocenters. The predicted molar refractivity (Wildman–Crippen MR) is 125 cm³/mol. The van der Waals surface area contributed by atoms with Gasteiger partial charge >= 0.3 is 5.97 Å². The number of aliphatic hydroxyl groups excluding tert-OH is 5. The molecule has 0 aromatic rings. The molecule has 0 aromatic carbocycles. The van der Waals surface area contributed by atoms with Gasteiger partial charge in [-0.1, -0.05) is 38.5 Å². The molecule has 0 aliphatic heterocycles. The van der Waals surface area contributed by atoms with Gasteiger partial charge in [0.2, 0.25) is 11.8 Å². The van der Waals surface area contributed by atoms with Gasteiger partial charge in [0.1, 0.15) is 24.4 Å². The van der Waals surface area contributed by atoms with Gasteiger partial charge in [-0.2, -0.15) is 0 Å².